The number of nitrogens with one attached hydrogen (secondary N) is 2. The molecule has 0 aliphatic rings. The molecule has 0 fully saturated rings. The number of hydrogen-bond donors (Lipinski definition) is 2. The summed E-state index contributed by atoms with van der Waals surface area (Å²) in [5, 5.41) is 5.66. The highest BCUT2D eigenvalue weighted by Gasteiger charge is 2.09. The van der Waals surface area contributed by atoms with Crippen LogP contribution in [0.5, 0.6) is 0 Å². The van der Waals surface area contributed by atoms with Crippen molar-refractivity contribution in [3.63, 3.8) is 0 Å². The Bertz CT molecular complexity index is 841. The lowest BCUT2D eigenvalue weighted by Gasteiger charge is -2.07. The van der Waals surface area contributed by atoms with Gasteiger partial charge < -0.3 is 15.1 Å². The number of carbonyl (C=O) groups is 2. The van der Waals surface area contributed by atoms with Crippen molar-refractivity contribution < 1.29 is 14.0 Å². The van der Waals surface area contributed by atoms with Crippen molar-refractivity contribution in [2.45, 2.75) is 13.0 Å². The Morgan fingerprint density at radius 3 is 2.04 bits per heavy atom. The Morgan fingerprint density at radius 2 is 1.42 bits per heavy atom. The summed E-state index contributed by atoms with van der Waals surface area (Å²) in [7, 11) is 0. The van der Waals surface area contributed by atoms with Crippen molar-refractivity contribution in [3.8, 4) is 0 Å². The molecule has 1 heterocycles. The highest BCUT2D eigenvalue weighted by atomic mass is 16.3. The van der Waals surface area contributed by atoms with Crippen LogP contribution >= 0.6 is 0 Å². The summed E-state index contributed by atoms with van der Waals surface area (Å²) in [5.41, 5.74) is 2.20. The van der Waals surface area contributed by atoms with Gasteiger partial charge in [0.1, 0.15) is 5.76 Å². The number of benzene rings is 2. The second-order valence-corrected chi connectivity index (χ2v) is 5.83. The molecule has 2 N–H and O–H groups in total. The fourth-order valence-electron chi connectivity index (χ4n) is 2.52. The number of hydrogen-bond acceptors (Lipinski definition) is 3. The summed E-state index contributed by atoms with van der Waals surface area (Å²) in [5.74, 6) is 0.327. The predicted octanol–water partition coefficient (Wildman–Crippen LogP) is 3.18. The minimum atomic E-state index is -0.211. The van der Waals surface area contributed by atoms with E-state index in [0.29, 0.717) is 30.0 Å². The van der Waals surface area contributed by atoms with Gasteiger partial charge in [0.2, 0.25) is 0 Å². The summed E-state index contributed by atoms with van der Waals surface area (Å²) < 4.78 is 5.17. The van der Waals surface area contributed by atoms with Crippen molar-refractivity contribution in [1.82, 2.24) is 10.6 Å². The molecule has 0 saturated carbocycles. The van der Waals surface area contributed by atoms with E-state index in [9.17, 15) is 9.59 Å². The predicted molar refractivity (Wildman–Crippen MR) is 98.8 cm³/mol. The van der Waals surface area contributed by atoms with Gasteiger partial charge in [0.05, 0.1) is 12.8 Å². The van der Waals surface area contributed by atoms with Crippen LogP contribution in [0.25, 0.3) is 0 Å². The highest BCUT2D eigenvalue weighted by Crippen LogP contribution is 2.06. The van der Waals surface area contributed by atoms with Crippen LogP contribution in [-0.2, 0) is 13.0 Å². The fraction of sp³-hybridized carbons (Fsp3) is 0.143. The maximum absolute atomic E-state index is 12.2. The highest BCUT2D eigenvalue weighted by molar-refractivity contribution is 5.97. The van der Waals surface area contributed by atoms with Crippen molar-refractivity contribution in [2.24, 2.45) is 0 Å². The van der Waals surface area contributed by atoms with Crippen LogP contribution in [0.15, 0.2) is 77.4 Å². The number of carbonyl (C=O) groups excluding carboxylic acids is 2. The molecular weight excluding hydrogens is 328 g/mol. The fourth-order valence-corrected chi connectivity index (χ4v) is 2.52. The molecule has 26 heavy (non-hydrogen) atoms. The second-order valence-electron chi connectivity index (χ2n) is 5.83. The first-order valence-corrected chi connectivity index (χ1v) is 8.45. The largest absolute Gasteiger partial charge is 0.467 e. The van der Waals surface area contributed by atoms with Crippen LogP contribution in [0.4, 0.5) is 0 Å². The molecule has 3 aromatic rings. The lowest BCUT2D eigenvalue weighted by molar-refractivity contribution is 0.0939. The third-order valence-electron chi connectivity index (χ3n) is 3.95. The minimum absolute atomic E-state index is 0.150. The second kappa shape index (κ2) is 8.67. The average Bonchev–Trinajstić information content (AvgIpc) is 3.20. The Labute approximate surface area is 152 Å². The first kappa shape index (κ1) is 17.5. The molecule has 0 bridgehead atoms. The van der Waals surface area contributed by atoms with Gasteiger partial charge >= 0.3 is 0 Å². The standard InChI is InChI=1S/C21H20N2O3/c24-20(22-13-12-16-5-2-1-3-6-16)17-8-10-18(11-9-17)21(25)23-15-19-7-4-14-26-19/h1-11,14H,12-13,15H2,(H,22,24)(H,23,25). The van der Waals surface area contributed by atoms with Crippen molar-refractivity contribution in [2.75, 3.05) is 6.54 Å². The van der Waals surface area contributed by atoms with Gasteiger partial charge in [-0.3, -0.25) is 9.59 Å². The van der Waals surface area contributed by atoms with E-state index in [1.807, 2.05) is 30.3 Å². The quantitative estimate of drug-likeness (QED) is 0.689. The van der Waals surface area contributed by atoms with E-state index in [0.717, 1.165) is 6.42 Å². The normalized spacial score (nSPS) is 10.3. The van der Waals surface area contributed by atoms with E-state index in [2.05, 4.69) is 10.6 Å². The minimum Gasteiger partial charge on any atom is -0.467 e. The summed E-state index contributed by atoms with van der Waals surface area (Å²) in [6.07, 6.45) is 2.34. The molecule has 0 saturated heterocycles. The maximum Gasteiger partial charge on any atom is 0.251 e. The molecule has 132 valence electrons. The van der Waals surface area contributed by atoms with Crippen molar-refractivity contribution in [3.05, 3.63) is 95.4 Å². The molecule has 2 aromatic carbocycles. The molecule has 0 aliphatic heterocycles. The Morgan fingerprint density at radius 1 is 0.769 bits per heavy atom. The van der Waals surface area contributed by atoms with Gasteiger partial charge in [-0.25, -0.2) is 0 Å². The van der Waals surface area contributed by atoms with Crippen LogP contribution in [0, 0.1) is 0 Å². The summed E-state index contributed by atoms with van der Waals surface area (Å²) in [6, 6.07) is 20.1. The monoisotopic (exact) mass is 348 g/mol. The third kappa shape index (κ3) is 4.83. The zero-order valence-electron chi connectivity index (χ0n) is 14.3. The number of rotatable bonds is 7. The lowest BCUT2D eigenvalue weighted by Crippen LogP contribution is -2.26. The third-order valence-corrected chi connectivity index (χ3v) is 3.95. The first-order valence-electron chi connectivity index (χ1n) is 8.45. The molecule has 2 amide bonds. The van der Waals surface area contributed by atoms with Gasteiger partial charge in [0.15, 0.2) is 0 Å². The Hall–Kier alpha value is -3.34. The van der Waals surface area contributed by atoms with E-state index >= 15 is 0 Å². The molecule has 3 rings (SSSR count). The van der Waals surface area contributed by atoms with Crippen LogP contribution in [0.1, 0.15) is 32.0 Å². The van der Waals surface area contributed by atoms with E-state index in [4.69, 9.17) is 4.42 Å². The van der Waals surface area contributed by atoms with E-state index < -0.39 is 0 Å². The number of amides is 2. The summed E-state index contributed by atoms with van der Waals surface area (Å²) in [4.78, 5) is 24.3. The van der Waals surface area contributed by atoms with Gasteiger partial charge in [-0.1, -0.05) is 30.3 Å². The SMILES string of the molecule is O=C(NCCc1ccccc1)c1ccc(C(=O)NCc2ccco2)cc1. The van der Waals surface area contributed by atoms with E-state index in [1.165, 1.54) is 5.56 Å². The van der Waals surface area contributed by atoms with Gasteiger partial charge in [-0.15, -0.1) is 0 Å². The Kier molecular flexibility index (Phi) is 5.83. The topological polar surface area (TPSA) is 71.3 Å². The zero-order chi connectivity index (χ0) is 18.2. The molecule has 0 atom stereocenters. The maximum atomic E-state index is 12.2. The van der Waals surface area contributed by atoms with Gasteiger partial charge in [0.25, 0.3) is 11.8 Å². The molecule has 5 heteroatoms. The van der Waals surface area contributed by atoms with Crippen molar-refractivity contribution in [1.29, 1.82) is 0 Å². The summed E-state index contributed by atoms with van der Waals surface area (Å²) in [6.45, 7) is 0.891. The molecule has 1 aromatic heterocycles. The number of furan rings is 1. The van der Waals surface area contributed by atoms with E-state index in [-0.39, 0.29) is 11.8 Å². The van der Waals surface area contributed by atoms with Crippen molar-refractivity contribution >= 4 is 11.8 Å². The zero-order valence-corrected chi connectivity index (χ0v) is 14.3. The molecule has 0 unspecified atom stereocenters. The van der Waals surface area contributed by atoms with Crippen LogP contribution in [-0.4, -0.2) is 18.4 Å². The molecule has 0 radical (unpaired) electrons. The van der Waals surface area contributed by atoms with Crippen LogP contribution in [0.2, 0.25) is 0 Å². The smallest absolute Gasteiger partial charge is 0.251 e. The van der Waals surface area contributed by atoms with Crippen LogP contribution < -0.4 is 10.6 Å². The van der Waals surface area contributed by atoms with Crippen LogP contribution in [0.3, 0.4) is 0 Å². The van der Waals surface area contributed by atoms with Gasteiger partial charge in [0, 0.05) is 17.7 Å². The first-order chi connectivity index (χ1) is 12.7. The molecule has 0 aliphatic carbocycles. The van der Waals surface area contributed by atoms with Gasteiger partial charge in [-0.05, 0) is 48.4 Å². The molecule has 0 spiro atoms. The Balaban J connectivity index is 1.48. The van der Waals surface area contributed by atoms with Gasteiger partial charge in [-0.2, -0.15) is 0 Å². The summed E-state index contributed by atoms with van der Waals surface area (Å²) >= 11 is 0. The lowest BCUT2D eigenvalue weighted by atomic mass is 10.1. The van der Waals surface area contributed by atoms with E-state index in [1.54, 1.807) is 42.7 Å². The molecular formula is C21H20N2O3. The molecule has 5 nitrogen and oxygen atoms in total. The average molecular weight is 348 g/mol.